The molecule has 3 saturated heterocycles. The largest absolute Gasteiger partial charge is 0.495 e. The van der Waals surface area contributed by atoms with E-state index in [-0.39, 0.29) is 54.0 Å². The minimum Gasteiger partial charge on any atom is -0.495 e. The number of ether oxygens (including phenoxy) is 1. The number of piperidine rings is 2. The van der Waals surface area contributed by atoms with Crippen LogP contribution in [0.25, 0.3) is 33.5 Å². The van der Waals surface area contributed by atoms with E-state index in [1.165, 1.54) is 56.4 Å². The summed E-state index contributed by atoms with van der Waals surface area (Å²) < 4.78 is 35.8. The van der Waals surface area contributed by atoms with Gasteiger partial charge in [-0.25, -0.2) is 23.5 Å². The molecule has 69 heavy (non-hydrogen) atoms. The molecule has 3 aliphatic heterocycles. The molecule has 1 spiro atoms. The van der Waals surface area contributed by atoms with Crippen molar-refractivity contribution < 1.29 is 42.9 Å². The first kappa shape index (κ1) is 47.0. The van der Waals surface area contributed by atoms with Crippen LogP contribution in [0.5, 0.6) is 5.75 Å². The highest BCUT2D eigenvalue weighted by molar-refractivity contribution is 6.07. The number of anilines is 2. The second-order valence-corrected chi connectivity index (χ2v) is 18.9. The van der Waals surface area contributed by atoms with E-state index in [9.17, 15) is 29.4 Å². The summed E-state index contributed by atoms with van der Waals surface area (Å²) in [5.41, 5.74) is 4.37. The summed E-state index contributed by atoms with van der Waals surface area (Å²) in [6.45, 7) is 8.33. The number of H-pyrrole nitrogens is 1. The molecule has 0 radical (unpaired) electrons. The molecule has 4 aromatic carbocycles. The van der Waals surface area contributed by atoms with Crippen LogP contribution in [-0.4, -0.2) is 105 Å². The van der Waals surface area contributed by atoms with Gasteiger partial charge in [0.25, 0.3) is 11.8 Å². The fraction of sp³-hybridized carbons (Fsp3) is 0.346. The molecule has 3 aliphatic rings. The maximum absolute atomic E-state index is 15.3. The first-order valence-electron chi connectivity index (χ1n) is 23.0. The lowest BCUT2D eigenvalue weighted by Crippen LogP contribution is -2.54. The molecule has 0 unspecified atom stereocenters. The Balaban J connectivity index is 0.840. The summed E-state index contributed by atoms with van der Waals surface area (Å²) in [6, 6.07) is 21.0. The van der Waals surface area contributed by atoms with E-state index in [0.717, 1.165) is 55.2 Å². The number of nitrogens with zero attached hydrogens (tertiary/aromatic N) is 5. The molecule has 17 heteroatoms. The highest BCUT2D eigenvalue weighted by atomic mass is 19.1. The number of nitrogens with one attached hydrogen (secondary N) is 3. The van der Waals surface area contributed by atoms with Crippen LogP contribution in [0.2, 0.25) is 0 Å². The van der Waals surface area contributed by atoms with Gasteiger partial charge in [-0.05, 0) is 123 Å². The predicted molar refractivity (Wildman–Crippen MR) is 256 cm³/mol. The number of benzene rings is 4. The molecule has 0 bridgehead atoms. The van der Waals surface area contributed by atoms with Gasteiger partial charge in [0.15, 0.2) is 0 Å². The van der Waals surface area contributed by atoms with Crippen molar-refractivity contribution in [2.75, 3.05) is 56.7 Å². The summed E-state index contributed by atoms with van der Waals surface area (Å²) in [7, 11) is 1.49. The van der Waals surface area contributed by atoms with Gasteiger partial charge in [0, 0.05) is 79.6 Å². The van der Waals surface area contributed by atoms with Crippen molar-refractivity contribution >= 4 is 46.2 Å². The lowest BCUT2D eigenvalue weighted by molar-refractivity contribution is -0.120. The van der Waals surface area contributed by atoms with Crippen molar-refractivity contribution in [2.45, 2.75) is 58.6 Å². The number of fused-ring (bicyclic) bond motifs is 1. The van der Waals surface area contributed by atoms with Crippen LogP contribution in [0.4, 0.5) is 25.0 Å². The molecule has 9 rings (SSSR count). The number of aromatic amines is 1. The van der Waals surface area contributed by atoms with Crippen LogP contribution in [0.3, 0.4) is 0 Å². The van der Waals surface area contributed by atoms with Gasteiger partial charge in [-0.15, -0.1) is 0 Å². The van der Waals surface area contributed by atoms with Gasteiger partial charge in [-0.3, -0.25) is 29.5 Å². The number of carbonyl (C=O) groups is 4. The normalized spacial score (nSPS) is 17.6. The number of rotatable bonds is 11. The van der Waals surface area contributed by atoms with Crippen molar-refractivity contribution in [2.24, 2.45) is 11.3 Å². The number of carbonyl (C=O) groups excluding carboxylic acids is 4. The number of imide groups is 1. The number of methoxy groups -OCH3 is 1. The lowest BCUT2D eigenvalue weighted by atomic mass is 9.64. The van der Waals surface area contributed by atoms with Crippen molar-refractivity contribution in [3.05, 3.63) is 125 Å². The van der Waals surface area contributed by atoms with Crippen LogP contribution in [-0.2, 0) is 16.9 Å². The molecule has 6 aromatic rings. The number of likely N-dealkylation sites (tertiary alicyclic amines) is 2. The molecule has 0 saturated carbocycles. The minimum absolute atomic E-state index is 0.0343. The number of amides is 5. The van der Waals surface area contributed by atoms with Crippen LogP contribution in [0.15, 0.2) is 85.2 Å². The average molecular weight is 941 g/mol. The Morgan fingerprint density at radius 1 is 0.942 bits per heavy atom. The number of aliphatic hydroxyl groups is 2. The summed E-state index contributed by atoms with van der Waals surface area (Å²) in [6.07, 6.45) is 3.95. The zero-order valence-electron chi connectivity index (χ0n) is 38.9. The van der Waals surface area contributed by atoms with Gasteiger partial charge in [0.2, 0.25) is 5.91 Å². The average Bonchev–Trinajstić information content (AvgIpc) is 3.78. The number of aromatic nitrogens is 3. The fourth-order valence-electron chi connectivity index (χ4n) is 10.1. The van der Waals surface area contributed by atoms with E-state index in [1.54, 1.807) is 25.1 Å². The summed E-state index contributed by atoms with van der Waals surface area (Å²) in [5.74, 6) is -2.24. The van der Waals surface area contributed by atoms with E-state index < -0.39 is 29.2 Å². The second kappa shape index (κ2) is 18.8. The van der Waals surface area contributed by atoms with Crippen molar-refractivity contribution in [1.82, 2.24) is 30.1 Å². The van der Waals surface area contributed by atoms with Crippen LogP contribution in [0.1, 0.15) is 76.9 Å². The molecule has 2 aromatic heterocycles. The van der Waals surface area contributed by atoms with Crippen LogP contribution >= 0.6 is 0 Å². The summed E-state index contributed by atoms with van der Waals surface area (Å²) >= 11 is 0. The maximum atomic E-state index is 15.3. The molecule has 3 fully saturated rings. The van der Waals surface area contributed by atoms with Crippen molar-refractivity contribution in [3.63, 3.8) is 0 Å². The second-order valence-electron chi connectivity index (χ2n) is 18.9. The molecular formula is C52H54F2N8O7. The van der Waals surface area contributed by atoms with Gasteiger partial charge >= 0.3 is 6.03 Å². The van der Waals surface area contributed by atoms with Gasteiger partial charge in [-0.1, -0.05) is 30.3 Å². The summed E-state index contributed by atoms with van der Waals surface area (Å²) in [4.78, 5) is 69.4. The monoisotopic (exact) mass is 940 g/mol. The van der Waals surface area contributed by atoms with E-state index in [0.29, 0.717) is 70.1 Å². The van der Waals surface area contributed by atoms with E-state index in [1.807, 2.05) is 23.1 Å². The third kappa shape index (κ3) is 9.41. The topological polar surface area (TPSA) is 193 Å². The third-order valence-electron chi connectivity index (χ3n) is 14.2. The Labute approximate surface area is 397 Å². The molecule has 15 nitrogen and oxygen atoms in total. The zero-order chi connectivity index (χ0) is 48.8. The SMILES string of the molecule is COc1ccc(C(=O)N2CCC3(CCN(Cc4ccc(-c5cc6c(-c7cc(F)cc(NC(=O)c8ccc(C(C)(C)O)cc8F)c7C)ncnc6[nH]5)cc4)C[C@@H]3CO)CC2)cc1N1CCC(=O)NC1=O. The minimum atomic E-state index is -1.30. The van der Waals surface area contributed by atoms with E-state index >= 15 is 8.78 Å². The van der Waals surface area contributed by atoms with Gasteiger partial charge < -0.3 is 30.2 Å². The van der Waals surface area contributed by atoms with Crippen LogP contribution in [0, 0.1) is 29.9 Å². The van der Waals surface area contributed by atoms with Gasteiger partial charge in [0.05, 0.1) is 29.7 Å². The Bertz CT molecular complexity index is 2980. The lowest BCUT2D eigenvalue weighted by Gasteiger charge is -2.51. The molecule has 1 atom stereocenters. The highest BCUT2D eigenvalue weighted by Crippen LogP contribution is 2.46. The third-order valence-corrected chi connectivity index (χ3v) is 14.2. The predicted octanol–water partition coefficient (Wildman–Crippen LogP) is 7.55. The molecule has 5 heterocycles. The first-order chi connectivity index (χ1) is 33.0. The number of aliphatic hydroxyl groups excluding tert-OH is 1. The highest BCUT2D eigenvalue weighted by Gasteiger charge is 2.45. The number of halogens is 2. The van der Waals surface area contributed by atoms with Gasteiger partial charge in [-0.2, -0.15) is 0 Å². The Hall–Kier alpha value is -7.08. The number of hydrogen-bond acceptors (Lipinski definition) is 10. The smallest absolute Gasteiger partial charge is 0.328 e. The molecule has 358 valence electrons. The number of urea groups is 1. The quantitative estimate of drug-likeness (QED) is 0.0867. The molecule has 5 amide bonds. The Morgan fingerprint density at radius 3 is 2.39 bits per heavy atom. The molecular weight excluding hydrogens is 887 g/mol. The number of hydrogen-bond donors (Lipinski definition) is 5. The Morgan fingerprint density at radius 2 is 1.70 bits per heavy atom. The first-order valence-corrected chi connectivity index (χ1v) is 23.0. The van der Waals surface area contributed by atoms with E-state index in [2.05, 4.69) is 42.6 Å². The zero-order valence-corrected chi connectivity index (χ0v) is 38.9. The van der Waals surface area contributed by atoms with Crippen molar-refractivity contribution in [3.8, 4) is 28.3 Å². The fourth-order valence-corrected chi connectivity index (χ4v) is 10.1. The van der Waals surface area contributed by atoms with E-state index in [4.69, 9.17) is 4.74 Å². The molecule has 0 aliphatic carbocycles. The Kier molecular flexibility index (Phi) is 12.8. The summed E-state index contributed by atoms with van der Waals surface area (Å²) in [5, 5.41) is 26.6. The van der Waals surface area contributed by atoms with Crippen LogP contribution < -0.4 is 20.3 Å². The van der Waals surface area contributed by atoms with Crippen molar-refractivity contribution in [1.29, 1.82) is 0 Å². The molecule has 5 N–H and O–H groups in total. The van der Waals surface area contributed by atoms with Gasteiger partial charge in [0.1, 0.15) is 29.4 Å². The standard InChI is InChI=1S/C52H54F2N8O7/c1-30-38(23-36(53)24-41(30)58-48(65)37-11-10-34(22-40(37)54)51(2,3)68)46-39-25-42(57-47(39)56-29-55-46)32-7-5-31(6-8-32)26-60-18-14-52(35(27-60)28-63)15-19-61(20-16-52)49(66)33-9-12-44(69-4)43(21-33)62-17-13-45(64)59-50(62)67/h5-12,21-25,29,35,63,68H,13-20,26-28H2,1-4H3,(H,58,65)(H,55,56,57)(H,59,64,67)/t35-/m1/s1. The maximum Gasteiger partial charge on any atom is 0.328 e.